The van der Waals surface area contributed by atoms with Crippen molar-refractivity contribution >= 4 is 34.0 Å². The van der Waals surface area contributed by atoms with Crippen molar-refractivity contribution in [3.8, 4) is 0 Å². The molecule has 0 aliphatic heterocycles. The van der Waals surface area contributed by atoms with Crippen LogP contribution in [0.15, 0.2) is 17.1 Å². The summed E-state index contributed by atoms with van der Waals surface area (Å²) in [6, 6.07) is 1.24. The summed E-state index contributed by atoms with van der Waals surface area (Å²) in [6.45, 7) is 1.31. The second kappa shape index (κ2) is 4.31. The molecule has 104 valence electrons. The molecule has 1 aliphatic carbocycles. The molecule has 4 nitrogen and oxygen atoms in total. The van der Waals surface area contributed by atoms with Gasteiger partial charge in [-0.25, -0.2) is 4.39 Å². The van der Waals surface area contributed by atoms with E-state index in [1.54, 1.807) is 4.57 Å². The lowest BCUT2D eigenvalue weighted by Crippen LogP contribution is -2.18. The van der Waals surface area contributed by atoms with Gasteiger partial charge in [0.05, 0.1) is 27.2 Å². The topological polar surface area (TPSA) is 65.1 Å². The van der Waals surface area contributed by atoms with Crippen molar-refractivity contribution in [1.29, 1.82) is 0 Å². The molecular weight excluding hydrogens is 283 g/mol. The Balaban J connectivity index is 2.52. The standard InChI is InChI=1S/C14H12ClFN2O2/c1-6(19)9-5-18(7-2-3-7)13-8(14(9)20)4-10(16)12(17)11(13)15/h4-5,7H,2-3,17H2,1H3. The van der Waals surface area contributed by atoms with Gasteiger partial charge in [-0.2, -0.15) is 0 Å². The number of pyridine rings is 1. The minimum atomic E-state index is -0.748. The molecule has 3 rings (SSSR count). The molecule has 1 fully saturated rings. The number of halogens is 2. The van der Waals surface area contributed by atoms with Crippen LogP contribution in [0.5, 0.6) is 0 Å². The third kappa shape index (κ3) is 1.81. The number of fused-ring (bicyclic) bond motifs is 1. The summed E-state index contributed by atoms with van der Waals surface area (Å²) in [5, 5.41) is 0.125. The fraction of sp³-hybridized carbons (Fsp3) is 0.286. The van der Waals surface area contributed by atoms with Crippen LogP contribution >= 0.6 is 11.6 Å². The molecule has 2 aromatic rings. The van der Waals surface area contributed by atoms with Crippen molar-refractivity contribution < 1.29 is 9.18 Å². The second-order valence-corrected chi connectivity index (χ2v) is 5.43. The summed E-state index contributed by atoms with van der Waals surface area (Å²) < 4.78 is 15.5. The first-order chi connectivity index (χ1) is 9.41. The van der Waals surface area contributed by atoms with E-state index in [0.29, 0.717) is 5.52 Å². The zero-order valence-corrected chi connectivity index (χ0v) is 11.5. The van der Waals surface area contributed by atoms with Crippen LogP contribution in [0.1, 0.15) is 36.2 Å². The Morgan fingerprint density at radius 1 is 1.50 bits per heavy atom. The van der Waals surface area contributed by atoms with E-state index in [1.165, 1.54) is 13.1 Å². The number of rotatable bonds is 2. The zero-order valence-electron chi connectivity index (χ0n) is 10.7. The van der Waals surface area contributed by atoms with Gasteiger partial charge in [0.2, 0.25) is 0 Å². The molecule has 0 amide bonds. The largest absolute Gasteiger partial charge is 0.395 e. The molecule has 0 spiro atoms. The van der Waals surface area contributed by atoms with Crippen molar-refractivity contribution in [3.05, 3.63) is 38.9 Å². The highest BCUT2D eigenvalue weighted by Gasteiger charge is 2.28. The third-order valence-electron chi connectivity index (χ3n) is 3.56. The molecule has 0 saturated heterocycles. The number of nitrogens with zero attached hydrogens (tertiary/aromatic N) is 1. The van der Waals surface area contributed by atoms with Gasteiger partial charge in [-0.15, -0.1) is 0 Å². The van der Waals surface area contributed by atoms with Crippen LogP contribution in [0.4, 0.5) is 10.1 Å². The fourth-order valence-corrected chi connectivity index (χ4v) is 2.64. The van der Waals surface area contributed by atoms with E-state index in [1.807, 2.05) is 0 Å². The van der Waals surface area contributed by atoms with Crippen molar-refractivity contribution in [2.24, 2.45) is 0 Å². The maximum Gasteiger partial charge on any atom is 0.200 e. The van der Waals surface area contributed by atoms with E-state index in [9.17, 15) is 14.0 Å². The van der Waals surface area contributed by atoms with Gasteiger partial charge in [-0.05, 0) is 25.8 Å². The minimum Gasteiger partial charge on any atom is -0.395 e. The number of hydrogen-bond donors (Lipinski definition) is 1. The Kier molecular flexibility index (Phi) is 2.83. The van der Waals surface area contributed by atoms with E-state index in [2.05, 4.69) is 0 Å². The summed E-state index contributed by atoms with van der Waals surface area (Å²) >= 11 is 6.10. The highest BCUT2D eigenvalue weighted by atomic mass is 35.5. The van der Waals surface area contributed by atoms with Gasteiger partial charge >= 0.3 is 0 Å². The summed E-state index contributed by atoms with van der Waals surface area (Å²) in [7, 11) is 0. The van der Waals surface area contributed by atoms with Crippen molar-refractivity contribution in [2.45, 2.75) is 25.8 Å². The summed E-state index contributed by atoms with van der Waals surface area (Å²) in [6.07, 6.45) is 3.37. The highest BCUT2D eigenvalue weighted by Crippen LogP contribution is 2.40. The van der Waals surface area contributed by atoms with Crippen LogP contribution in [-0.2, 0) is 0 Å². The number of ketones is 1. The van der Waals surface area contributed by atoms with Crippen LogP contribution < -0.4 is 11.2 Å². The SMILES string of the molecule is CC(=O)c1cn(C2CC2)c2c(Cl)c(N)c(F)cc2c1=O. The monoisotopic (exact) mass is 294 g/mol. The molecule has 2 N–H and O–H groups in total. The molecule has 1 saturated carbocycles. The van der Waals surface area contributed by atoms with Crippen molar-refractivity contribution in [2.75, 3.05) is 5.73 Å². The molecule has 1 aromatic carbocycles. The summed E-state index contributed by atoms with van der Waals surface area (Å²) in [5.41, 5.74) is 5.36. The van der Waals surface area contributed by atoms with Crippen molar-refractivity contribution in [1.82, 2.24) is 4.57 Å². The number of carbonyl (C=O) groups excluding carboxylic acids is 1. The Morgan fingerprint density at radius 2 is 2.15 bits per heavy atom. The number of anilines is 1. The van der Waals surface area contributed by atoms with Crippen LogP contribution in [-0.4, -0.2) is 10.4 Å². The molecule has 20 heavy (non-hydrogen) atoms. The average molecular weight is 295 g/mol. The molecule has 0 atom stereocenters. The Morgan fingerprint density at radius 3 is 2.70 bits per heavy atom. The second-order valence-electron chi connectivity index (χ2n) is 5.05. The summed E-state index contributed by atoms with van der Waals surface area (Å²) in [4.78, 5) is 23.9. The molecule has 0 unspecified atom stereocenters. The number of Topliss-reactive ketones (excluding diaryl/α,β-unsaturated/α-hetero) is 1. The third-order valence-corrected chi connectivity index (χ3v) is 3.95. The quantitative estimate of drug-likeness (QED) is 0.684. The average Bonchev–Trinajstić information content (AvgIpc) is 3.21. The zero-order chi connectivity index (χ0) is 14.6. The van der Waals surface area contributed by atoms with Crippen molar-refractivity contribution in [3.63, 3.8) is 0 Å². The minimum absolute atomic E-state index is 0.0269. The Hall–Kier alpha value is -1.88. The van der Waals surface area contributed by atoms with Crippen LogP contribution in [0.2, 0.25) is 5.02 Å². The number of carbonyl (C=O) groups is 1. The maximum atomic E-state index is 13.7. The predicted octanol–water partition coefficient (Wildman–Crippen LogP) is 2.91. The first-order valence-corrected chi connectivity index (χ1v) is 6.63. The van der Waals surface area contributed by atoms with Crippen LogP contribution in [0.3, 0.4) is 0 Å². The van der Waals surface area contributed by atoms with Crippen LogP contribution in [0, 0.1) is 5.82 Å². The number of benzene rings is 1. The van der Waals surface area contributed by atoms with Gasteiger partial charge in [0.1, 0.15) is 5.82 Å². The number of aromatic nitrogens is 1. The van der Waals surface area contributed by atoms with E-state index in [-0.39, 0.29) is 33.5 Å². The fourth-order valence-electron chi connectivity index (χ4n) is 2.35. The van der Waals surface area contributed by atoms with Gasteiger partial charge in [0.25, 0.3) is 0 Å². The van der Waals surface area contributed by atoms with Crippen LogP contribution in [0.25, 0.3) is 10.9 Å². The van der Waals surface area contributed by atoms with Gasteiger partial charge in [-0.1, -0.05) is 11.6 Å². The number of hydrogen-bond acceptors (Lipinski definition) is 3. The first-order valence-electron chi connectivity index (χ1n) is 6.25. The Bertz CT molecular complexity index is 809. The van der Waals surface area contributed by atoms with Gasteiger partial charge in [-0.3, -0.25) is 9.59 Å². The predicted molar refractivity (Wildman–Crippen MR) is 75.9 cm³/mol. The molecule has 0 radical (unpaired) electrons. The van der Waals surface area contributed by atoms with Gasteiger partial charge < -0.3 is 10.3 Å². The number of nitrogens with two attached hydrogens (primary N) is 1. The highest BCUT2D eigenvalue weighted by molar-refractivity contribution is 6.37. The van der Waals surface area contributed by atoms with E-state index >= 15 is 0 Å². The first kappa shape index (κ1) is 13.1. The number of nitrogen functional groups attached to an aromatic ring is 1. The van der Waals surface area contributed by atoms with Gasteiger partial charge in [0, 0.05) is 12.2 Å². The molecule has 1 heterocycles. The normalized spacial score (nSPS) is 14.8. The molecule has 6 heteroatoms. The maximum absolute atomic E-state index is 13.7. The van der Waals surface area contributed by atoms with E-state index < -0.39 is 11.2 Å². The molecular formula is C14H12ClFN2O2. The smallest absolute Gasteiger partial charge is 0.200 e. The molecule has 1 aliphatic rings. The van der Waals surface area contributed by atoms with Gasteiger partial charge in [0.15, 0.2) is 11.2 Å². The Labute approximate surface area is 118 Å². The van der Waals surface area contributed by atoms with E-state index in [0.717, 1.165) is 18.9 Å². The molecule has 1 aromatic heterocycles. The lowest BCUT2D eigenvalue weighted by molar-refractivity contribution is 0.101. The van der Waals surface area contributed by atoms with E-state index in [4.69, 9.17) is 17.3 Å². The lowest BCUT2D eigenvalue weighted by atomic mass is 10.1. The lowest BCUT2D eigenvalue weighted by Gasteiger charge is -2.14. The summed E-state index contributed by atoms with van der Waals surface area (Å²) in [5.74, 6) is -1.10. The molecule has 0 bridgehead atoms.